The third-order valence-electron chi connectivity index (χ3n) is 2.13. The predicted molar refractivity (Wildman–Crippen MR) is 64.4 cm³/mol. The van der Waals surface area contributed by atoms with Crippen molar-refractivity contribution in [2.75, 3.05) is 0 Å². The highest BCUT2D eigenvalue weighted by atomic mass is 35.5. The van der Waals surface area contributed by atoms with Crippen molar-refractivity contribution in [3.05, 3.63) is 22.7 Å². The maximum atomic E-state index is 6.01. The number of rotatable bonds is 0. The van der Waals surface area contributed by atoms with Crippen molar-refractivity contribution in [3.8, 4) is 0 Å². The Kier molecular flexibility index (Phi) is 3.11. The van der Waals surface area contributed by atoms with Gasteiger partial charge in [-0.3, -0.25) is 0 Å². The van der Waals surface area contributed by atoms with Crippen LogP contribution in [0.4, 0.5) is 0 Å². The standard InChI is InChI=1S/C12H19ClN2/c1-11(2,3)8-7-9(13)15-10(14-8)12(4,5)6/h7H,1-6H3. The van der Waals surface area contributed by atoms with Crippen molar-refractivity contribution in [3.63, 3.8) is 0 Å². The Morgan fingerprint density at radius 1 is 0.933 bits per heavy atom. The molecule has 84 valence electrons. The normalized spacial score (nSPS) is 13.0. The van der Waals surface area contributed by atoms with Gasteiger partial charge in [0.15, 0.2) is 0 Å². The fourth-order valence-corrected chi connectivity index (χ4v) is 1.32. The lowest BCUT2D eigenvalue weighted by molar-refractivity contribution is 0.513. The van der Waals surface area contributed by atoms with Gasteiger partial charge in [0.05, 0.1) is 5.69 Å². The number of hydrogen-bond acceptors (Lipinski definition) is 2. The molecule has 0 saturated heterocycles. The highest BCUT2D eigenvalue weighted by Gasteiger charge is 2.23. The van der Waals surface area contributed by atoms with Crippen molar-refractivity contribution in [2.24, 2.45) is 0 Å². The lowest BCUT2D eigenvalue weighted by Crippen LogP contribution is -2.21. The summed E-state index contributed by atoms with van der Waals surface area (Å²) >= 11 is 6.01. The first-order chi connectivity index (χ1) is 6.60. The summed E-state index contributed by atoms with van der Waals surface area (Å²) in [6.45, 7) is 12.6. The summed E-state index contributed by atoms with van der Waals surface area (Å²) in [6.07, 6.45) is 0. The highest BCUT2D eigenvalue weighted by Crippen LogP contribution is 2.26. The summed E-state index contributed by atoms with van der Waals surface area (Å²) in [7, 11) is 0. The van der Waals surface area contributed by atoms with E-state index >= 15 is 0 Å². The van der Waals surface area contributed by atoms with Gasteiger partial charge < -0.3 is 0 Å². The molecule has 0 atom stereocenters. The Hall–Kier alpha value is -0.630. The minimum absolute atomic E-state index is 0.00653. The first-order valence-electron chi connectivity index (χ1n) is 5.16. The van der Waals surface area contributed by atoms with Crippen LogP contribution in [0.15, 0.2) is 6.07 Å². The maximum absolute atomic E-state index is 6.01. The van der Waals surface area contributed by atoms with Crippen LogP contribution in [0.5, 0.6) is 0 Å². The number of aromatic nitrogens is 2. The van der Waals surface area contributed by atoms with Crippen LogP contribution in [0, 0.1) is 0 Å². The van der Waals surface area contributed by atoms with Crippen molar-refractivity contribution < 1.29 is 0 Å². The second-order valence-electron chi connectivity index (χ2n) is 5.90. The van der Waals surface area contributed by atoms with Crippen LogP contribution in [0.2, 0.25) is 5.15 Å². The predicted octanol–water partition coefficient (Wildman–Crippen LogP) is 3.73. The highest BCUT2D eigenvalue weighted by molar-refractivity contribution is 6.29. The van der Waals surface area contributed by atoms with E-state index in [0.717, 1.165) is 11.5 Å². The Balaban J connectivity index is 3.30. The van der Waals surface area contributed by atoms with E-state index in [4.69, 9.17) is 11.6 Å². The van der Waals surface area contributed by atoms with Gasteiger partial charge in [-0.1, -0.05) is 53.1 Å². The van der Waals surface area contributed by atoms with E-state index in [1.54, 1.807) is 0 Å². The van der Waals surface area contributed by atoms with Crippen molar-refractivity contribution in [1.82, 2.24) is 9.97 Å². The number of hydrogen-bond donors (Lipinski definition) is 0. The van der Waals surface area contributed by atoms with E-state index in [1.807, 2.05) is 6.07 Å². The summed E-state index contributed by atoms with van der Waals surface area (Å²) in [5.74, 6) is 0.805. The molecule has 0 radical (unpaired) electrons. The third-order valence-corrected chi connectivity index (χ3v) is 2.33. The summed E-state index contributed by atoms with van der Waals surface area (Å²) in [5.41, 5.74) is 0.935. The molecule has 15 heavy (non-hydrogen) atoms. The van der Waals surface area contributed by atoms with E-state index in [9.17, 15) is 0 Å². The molecule has 0 aromatic carbocycles. The average Bonchev–Trinajstić information content (AvgIpc) is 1.99. The Labute approximate surface area is 97.1 Å². The Morgan fingerprint density at radius 2 is 1.47 bits per heavy atom. The first-order valence-corrected chi connectivity index (χ1v) is 5.54. The van der Waals surface area contributed by atoms with Crippen LogP contribution >= 0.6 is 11.6 Å². The molecule has 3 heteroatoms. The summed E-state index contributed by atoms with van der Waals surface area (Å²) in [6, 6.07) is 1.84. The Bertz CT molecular complexity index is 327. The molecule has 0 aliphatic heterocycles. The molecule has 0 unspecified atom stereocenters. The van der Waals surface area contributed by atoms with Gasteiger partial charge in [0, 0.05) is 10.8 Å². The minimum Gasteiger partial charge on any atom is -0.237 e. The van der Waals surface area contributed by atoms with Crippen LogP contribution in [0.1, 0.15) is 53.1 Å². The SMILES string of the molecule is CC(C)(C)c1cc(Cl)nc(C(C)(C)C)n1. The molecule has 0 fully saturated rings. The van der Waals surface area contributed by atoms with Gasteiger partial charge in [-0.15, -0.1) is 0 Å². The van der Waals surface area contributed by atoms with Crippen LogP contribution in [0.25, 0.3) is 0 Å². The van der Waals surface area contributed by atoms with E-state index in [0.29, 0.717) is 5.15 Å². The molecule has 0 spiro atoms. The lowest BCUT2D eigenvalue weighted by atomic mass is 9.90. The molecule has 0 saturated carbocycles. The fraction of sp³-hybridized carbons (Fsp3) is 0.667. The van der Waals surface area contributed by atoms with Gasteiger partial charge >= 0.3 is 0 Å². The van der Waals surface area contributed by atoms with Crippen LogP contribution in [-0.2, 0) is 10.8 Å². The molecule has 1 aromatic rings. The zero-order chi connectivity index (χ0) is 11.9. The van der Waals surface area contributed by atoms with Crippen molar-refractivity contribution in [2.45, 2.75) is 52.4 Å². The summed E-state index contributed by atoms with van der Waals surface area (Å²) in [5, 5.41) is 0.528. The zero-order valence-corrected chi connectivity index (χ0v) is 11.1. The molecule has 0 bridgehead atoms. The molecular formula is C12H19ClN2. The number of nitrogens with zero attached hydrogens (tertiary/aromatic N) is 2. The second kappa shape index (κ2) is 3.75. The first kappa shape index (κ1) is 12.4. The van der Waals surface area contributed by atoms with Gasteiger partial charge in [0.2, 0.25) is 0 Å². The maximum Gasteiger partial charge on any atom is 0.135 e. The molecule has 0 aliphatic rings. The van der Waals surface area contributed by atoms with Crippen LogP contribution in [-0.4, -0.2) is 9.97 Å². The van der Waals surface area contributed by atoms with Gasteiger partial charge in [0.25, 0.3) is 0 Å². The largest absolute Gasteiger partial charge is 0.237 e. The summed E-state index contributed by atoms with van der Waals surface area (Å²) in [4.78, 5) is 8.85. The fourth-order valence-electron chi connectivity index (χ4n) is 1.14. The molecule has 0 N–H and O–H groups in total. The van der Waals surface area contributed by atoms with Gasteiger partial charge in [0.1, 0.15) is 11.0 Å². The molecule has 2 nitrogen and oxygen atoms in total. The van der Waals surface area contributed by atoms with E-state index in [1.165, 1.54) is 0 Å². The number of halogens is 1. The molecule has 0 aliphatic carbocycles. The smallest absolute Gasteiger partial charge is 0.135 e. The lowest BCUT2D eigenvalue weighted by Gasteiger charge is -2.22. The molecule has 1 aromatic heterocycles. The van der Waals surface area contributed by atoms with Crippen LogP contribution in [0.3, 0.4) is 0 Å². The van der Waals surface area contributed by atoms with Gasteiger partial charge in [-0.2, -0.15) is 0 Å². The summed E-state index contributed by atoms with van der Waals surface area (Å²) < 4.78 is 0. The molecule has 0 amide bonds. The van der Waals surface area contributed by atoms with Crippen molar-refractivity contribution in [1.29, 1.82) is 0 Å². The quantitative estimate of drug-likeness (QED) is 0.630. The second-order valence-corrected chi connectivity index (χ2v) is 6.29. The topological polar surface area (TPSA) is 25.8 Å². The van der Waals surface area contributed by atoms with E-state index in [-0.39, 0.29) is 10.8 Å². The Morgan fingerprint density at radius 3 is 1.87 bits per heavy atom. The average molecular weight is 227 g/mol. The molecular weight excluding hydrogens is 208 g/mol. The van der Waals surface area contributed by atoms with Gasteiger partial charge in [-0.25, -0.2) is 9.97 Å². The molecule has 1 heterocycles. The van der Waals surface area contributed by atoms with E-state index < -0.39 is 0 Å². The monoisotopic (exact) mass is 226 g/mol. The van der Waals surface area contributed by atoms with Crippen LogP contribution < -0.4 is 0 Å². The minimum atomic E-state index is -0.0646. The zero-order valence-electron chi connectivity index (χ0n) is 10.3. The van der Waals surface area contributed by atoms with Gasteiger partial charge in [-0.05, 0) is 6.07 Å². The molecule has 1 rings (SSSR count). The third kappa shape index (κ3) is 3.16. The van der Waals surface area contributed by atoms with E-state index in [2.05, 4.69) is 51.5 Å². The van der Waals surface area contributed by atoms with Crippen molar-refractivity contribution >= 4 is 11.6 Å².